The number of para-hydroxylation sites is 1. The molecule has 0 radical (unpaired) electrons. The third-order valence-electron chi connectivity index (χ3n) is 5.48. The van der Waals surface area contributed by atoms with Crippen molar-refractivity contribution < 1.29 is 0 Å². The van der Waals surface area contributed by atoms with Crippen LogP contribution in [0.25, 0.3) is 6.08 Å². The highest BCUT2D eigenvalue weighted by Crippen LogP contribution is 2.33. The van der Waals surface area contributed by atoms with Gasteiger partial charge >= 0.3 is 0 Å². The zero-order chi connectivity index (χ0) is 20.1. The number of benzene rings is 2. The standard InChI is InChI=1S/C27H28N2/c1-3-8-20-14-16-22-17-15-21-10-5-6-13-26(21)29-19-24-12-7-11-23(27(22)24)18-28-25(20)9-4-2/h3-17,22,28-29H,18-19H2,1-2H3/b8-3-,9-4-,16-14+,17-15+,25-20-. The molecule has 2 aromatic rings. The Balaban J connectivity index is 1.87. The van der Waals surface area contributed by atoms with Crippen LogP contribution in [-0.4, -0.2) is 0 Å². The van der Waals surface area contributed by atoms with Crippen LogP contribution in [0.3, 0.4) is 0 Å². The number of hydrogen-bond donors (Lipinski definition) is 2. The summed E-state index contributed by atoms with van der Waals surface area (Å²) >= 11 is 0. The van der Waals surface area contributed by atoms with E-state index in [0.29, 0.717) is 0 Å². The molecule has 0 aromatic heterocycles. The fourth-order valence-corrected chi connectivity index (χ4v) is 4.10. The number of anilines is 1. The molecule has 0 fully saturated rings. The van der Waals surface area contributed by atoms with Crippen LogP contribution >= 0.6 is 0 Å². The maximum absolute atomic E-state index is 3.66. The third kappa shape index (κ3) is 4.12. The highest BCUT2D eigenvalue weighted by Gasteiger charge is 2.18. The molecular formula is C27H28N2. The smallest absolute Gasteiger partial charge is 0.0416 e. The summed E-state index contributed by atoms with van der Waals surface area (Å²) in [4.78, 5) is 0. The van der Waals surface area contributed by atoms with Crippen LogP contribution in [0.5, 0.6) is 0 Å². The van der Waals surface area contributed by atoms with Crippen LogP contribution in [0.2, 0.25) is 0 Å². The first-order valence-corrected chi connectivity index (χ1v) is 10.3. The molecule has 2 aromatic carbocycles. The van der Waals surface area contributed by atoms with E-state index in [1.54, 1.807) is 0 Å². The molecule has 2 heterocycles. The molecule has 1 atom stereocenters. The minimum absolute atomic E-state index is 0.223. The van der Waals surface area contributed by atoms with Crippen molar-refractivity contribution in [2.45, 2.75) is 32.9 Å². The number of hydrogen-bond acceptors (Lipinski definition) is 2. The molecule has 2 N–H and O–H groups in total. The largest absolute Gasteiger partial charge is 0.380 e. The lowest BCUT2D eigenvalue weighted by atomic mass is 9.88. The fraction of sp³-hybridized carbons (Fsp3) is 0.185. The Morgan fingerprint density at radius 2 is 1.52 bits per heavy atom. The summed E-state index contributed by atoms with van der Waals surface area (Å²) < 4.78 is 0. The Bertz CT molecular complexity index is 1030. The van der Waals surface area contributed by atoms with Gasteiger partial charge in [-0.05, 0) is 53.8 Å². The Morgan fingerprint density at radius 3 is 2.31 bits per heavy atom. The summed E-state index contributed by atoms with van der Waals surface area (Å²) in [5, 5.41) is 7.30. The van der Waals surface area contributed by atoms with E-state index in [4.69, 9.17) is 0 Å². The third-order valence-corrected chi connectivity index (χ3v) is 5.48. The number of nitrogens with one attached hydrogen (secondary N) is 2. The van der Waals surface area contributed by atoms with E-state index >= 15 is 0 Å². The fourth-order valence-electron chi connectivity index (χ4n) is 4.10. The van der Waals surface area contributed by atoms with Gasteiger partial charge in [0.25, 0.3) is 0 Å². The van der Waals surface area contributed by atoms with Crippen molar-refractivity contribution in [1.82, 2.24) is 5.32 Å². The first kappa shape index (κ1) is 19.1. The summed E-state index contributed by atoms with van der Waals surface area (Å²) in [7, 11) is 0. The van der Waals surface area contributed by atoms with Gasteiger partial charge in [-0.1, -0.05) is 78.9 Å². The van der Waals surface area contributed by atoms with Crippen molar-refractivity contribution in [3.05, 3.63) is 119 Å². The van der Waals surface area contributed by atoms with E-state index in [9.17, 15) is 0 Å². The Kier molecular flexibility index (Phi) is 5.81. The average molecular weight is 381 g/mol. The Hall–Kier alpha value is -3.26. The molecule has 2 nitrogen and oxygen atoms in total. The highest BCUT2D eigenvalue weighted by molar-refractivity contribution is 5.68. The van der Waals surface area contributed by atoms with Gasteiger partial charge < -0.3 is 10.6 Å². The average Bonchev–Trinajstić information content (AvgIpc) is 2.86. The summed E-state index contributed by atoms with van der Waals surface area (Å²) in [6, 6.07) is 15.2. The highest BCUT2D eigenvalue weighted by atomic mass is 14.9. The van der Waals surface area contributed by atoms with Crippen molar-refractivity contribution in [2.24, 2.45) is 0 Å². The molecule has 2 aliphatic rings. The zero-order valence-corrected chi connectivity index (χ0v) is 17.2. The van der Waals surface area contributed by atoms with Crippen LogP contribution in [0.4, 0.5) is 5.69 Å². The minimum atomic E-state index is 0.223. The molecule has 4 rings (SSSR count). The molecule has 2 heteroatoms. The normalized spacial score (nSPS) is 23.3. The predicted octanol–water partition coefficient (Wildman–Crippen LogP) is 6.47. The van der Waals surface area contributed by atoms with Gasteiger partial charge in [0, 0.05) is 30.4 Å². The first-order chi connectivity index (χ1) is 14.3. The van der Waals surface area contributed by atoms with Gasteiger partial charge in [-0.3, -0.25) is 0 Å². The van der Waals surface area contributed by atoms with Gasteiger partial charge in [0.15, 0.2) is 0 Å². The molecule has 1 unspecified atom stereocenters. The maximum atomic E-state index is 3.66. The zero-order valence-electron chi connectivity index (χ0n) is 17.2. The molecule has 0 saturated carbocycles. The first-order valence-electron chi connectivity index (χ1n) is 10.3. The van der Waals surface area contributed by atoms with Gasteiger partial charge in [0.05, 0.1) is 0 Å². The summed E-state index contributed by atoms with van der Waals surface area (Å²) in [5.41, 5.74) is 8.85. The minimum Gasteiger partial charge on any atom is -0.380 e. The van der Waals surface area contributed by atoms with E-state index in [1.165, 1.54) is 33.5 Å². The van der Waals surface area contributed by atoms with Gasteiger partial charge in [-0.2, -0.15) is 0 Å². The summed E-state index contributed by atoms with van der Waals surface area (Å²) in [6.07, 6.45) is 17.7. The lowest BCUT2D eigenvalue weighted by Gasteiger charge is -2.19. The van der Waals surface area contributed by atoms with Crippen LogP contribution in [-0.2, 0) is 13.1 Å². The van der Waals surface area contributed by atoms with E-state index in [2.05, 4.69) is 116 Å². The molecule has 146 valence electrons. The van der Waals surface area contributed by atoms with Crippen molar-refractivity contribution >= 4 is 11.8 Å². The van der Waals surface area contributed by atoms with Crippen molar-refractivity contribution in [3.63, 3.8) is 0 Å². The number of rotatable bonds is 2. The van der Waals surface area contributed by atoms with Crippen LogP contribution < -0.4 is 10.6 Å². The molecular weight excluding hydrogens is 352 g/mol. The van der Waals surface area contributed by atoms with Crippen molar-refractivity contribution in [3.8, 4) is 0 Å². The van der Waals surface area contributed by atoms with E-state index in [0.717, 1.165) is 18.8 Å². The molecule has 29 heavy (non-hydrogen) atoms. The van der Waals surface area contributed by atoms with Crippen LogP contribution in [0.1, 0.15) is 42.0 Å². The van der Waals surface area contributed by atoms with Crippen molar-refractivity contribution in [1.29, 1.82) is 0 Å². The summed E-state index contributed by atoms with van der Waals surface area (Å²) in [5.74, 6) is 0.223. The lowest BCUT2D eigenvalue weighted by molar-refractivity contribution is 0.812. The van der Waals surface area contributed by atoms with E-state index in [-0.39, 0.29) is 5.92 Å². The van der Waals surface area contributed by atoms with Crippen LogP contribution in [0.15, 0.2) is 96.3 Å². The SMILES string of the molecule is C/C=C\C1=C(/C=C\C)NCc2cccc3c2C(/C=C/1)/C=C/c1ccccc1NC3. The predicted molar refractivity (Wildman–Crippen MR) is 125 cm³/mol. The van der Waals surface area contributed by atoms with E-state index in [1.807, 2.05) is 0 Å². The topological polar surface area (TPSA) is 24.1 Å². The molecule has 0 amide bonds. The molecule has 0 aliphatic carbocycles. The van der Waals surface area contributed by atoms with Gasteiger partial charge in [0.2, 0.25) is 0 Å². The monoisotopic (exact) mass is 380 g/mol. The van der Waals surface area contributed by atoms with Crippen LogP contribution in [0, 0.1) is 0 Å². The molecule has 0 bridgehead atoms. The van der Waals surface area contributed by atoms with Gasteiger partial charge in [-0.15, -0.1) is 0 Å². The maximum Gasteiger partial charge on any atom is 0.0416 e. The summed E-state index contributed by atoms with van der Waals surface area (Å²) in [6.45, 7) is 5.76. The van der Waals surface area contributed by atoms with Gasteiger partial charge in [-0.25, -0.2) is 0 Å². The quantitative estimate of drug-likeness (QED) is 0.623. The second-order valence-corrected chi connectivity index (χ2v) is 7.40. The van der Waals surface area contributed by atoms with Crippen molar-refractivity contribution in [2.75, 3.05) is 5.32 Å². The Labute approximate surface area is 174 Å². The number of fused-ring (bicyclic) bond motifs is 1. The lowest BCUT2D eigenvalue weighted by Crippen LogP contribution is -2.15. The van der Waals surface area contributed by atoms with E-state index < -0.39 is 0 Å². The Morgan fingerprint density at radius 1 is 0.793 bits per heavy atom. The number of allylic oxidation sites excluding steroid dienone is 8. The second kappa shape index (κ2) is 8.83. The second-order valence-electron chi connectivity index (χ2n) is 7.40. The van der Waals surface area contributed by atoms with Gasteiger partial charge in [0.1, 0.15) is 0 Å². The molecule has 0 saturated heterocycles. The molecule has 0 spiro atoms. The molecule has 2 aliphatic heterocycles.